The first-order chi connectivity index (χ1) is 10.1. The lowest BCUT2D eigenvalue weighted by Gasteiger charge is -2.36. The Morgan fingerprint density at radius 3 is 2.71 bits per heavy atom. The van der Waals surface area contributed by atoms with E-state index >= 15 is 0 Å². The molecule has 1 atom stereocenters. The number of thiophene rings is 1. The maximum absolute atomic E-state index is 12.9. The summed E-state index contributed by atoms with van der Waals surface area (Å²) in [6.45, 7) is 0.395. The Morgan fingerprint density at radius 1 is 1.29 bits per heavy atom. The summed E-state index contributed by atoms with van der Waals surface area (Å²) in [6, 6.07) is 4.13. The van der Waals surface area contributed by atoms with E-state index in [1.54, 1.807) is 23.1 Å². The van der Waals surface area contributed by atoms with Gasteiger partial charge in [0, 0.05) is 17.2 Å². The Kier molecular flexibility index (Phi) is 4.62. The molecule has 1 unspecified atom stereocenters. The van der Waals surface area contributed by atoms with Crippen LogP contribution in [0.2, 0.25) is 0 Å². The molecule has 116 valence electrons. The minimum atomic E-state index is -0.703. The molecule has 1 saturated carbocycles. The molecule has 0 spiro atoms. The van der Waals surface area contributed by atoms with Gasteiger partial charge in [-0.2, -0.15) is 11.8 Å². The summed E-state index contributed by atoms with van der Waals surface area (Å²) in [7, 11) is 0. The van der Waals surface area contributed by atoms with E-state index in [1.165, 1.54) is 11.3 Å². The molecule has 1 aliphatic heterocycles. The topological polar surface area (TPSA) is 49.3 Å². The zero-order valence-corrected chi connectivity index (χ0v) is 13.9. The molecule has 3 nitrogen and oxygen atoms in total. The van der Waals surface area contributed by atoms with Crippen molar-refractivity contribution in [1.29, 1.82) is 0 Å². The minimum absolute atomic E-state index is 0.120. The van der Waals surface area contributed by atoms with E-state index in [-0.39, 0.29) is 11.3 Å². The number of hydrogen-bond acceptors (Lipinski definition) is 4. The lowest BCUT2D eigenvalue weighted by molar-refractivity contribution is -0.129. The fraction of sp³-hybridized carbons (Fsp3) is 0.688. The van der Waals surface area contributed by atoms with Gasteiger partial charge in [-0.05, 0) is 36.5 Å². The number of carbonyl (C=O) groups is 1. The highest BCUT2D eigenvalue weighted by atomic mass is 32.2. The number of rotatable bonds is 4. The molecule has 2 fully saturated rings. The Labute approximate surface area is 134 Å². The molecule has 5 heteroatoms. The fourth-order valence-corrected chi connectivity index (χ4v) is 5.72. The van der Waals surface area contributed by atoms with Crippen molar-refractivity contribution in [3.05, 3.63) is 22.4 Å². The molecule has 1 aromatic rings. The summed E-state index contributed by atoms with van der Waals surface area (Å²) in [6.07, 6.45) is 6.11. The minimum Gasteiger partial charge on any atom is -0.387 e. The van der Waals surface area contributed by atoms with Crippen LogP contribution in [0, 0.1) is 0 Å². The molecular formula is C16H23NO2S2. The van der Waals surface area contributed by atoms with Crippen molar-refractivity contribution in [3.63, 3.8) is 0 Å². The van der Waals surface area contributed by atoms with Gasteiger partial charge in [0.25, 0.3) is 0 Å². The van der Waals surface area contributed by atoms with Crippen molar-refractivity contribution in [2.75, 3.05) is 18.1 Å². The van der Waals surface area contributed by atoms with Gasteiger partial charge in [0.05, 0.1) is 11.0 Å². The normalized spacial score (nSPS) is 28.4. The predicted molar refractivity (Wildman–Crippen MR) is 89.0 cm³/mol. The van der Waals surface area contributed by atoms with Crippen molar-refractivity contribution >= 4 is 29.0 Å². The van der Waals surface area contributed by atoms with E-state index in [0.29, 0.717) is 6.54 Å². The molecule has 21 heavy (non-hydrogen) atoms. The first-order valence-corrected chi connectivity index (χ1v) is 9.81. The zero-order valence-electron chi connectivity index (χ0n) is 12.3. The van der Waals surface area contributed by atoms with Crippen LogP contribution in [0.5, 0.6) is 0 Å². The SMILES string of the molecule is O=C(NCC1(O)CCSC1)C1(c2cccs2)CCCCC1. The second kappa shape index (κ2) is 6.31. The summed E-state index contributed by atoms with van der Waals surface area (Å²) in [5.74, 6) is 1.84. The van der Waals surface area contributed by atoms with Crippen LogP contribution in [0.3, 0.4) is 0 Å². The van der Waals surface area contributed by atoms with Crippen LogP contribution in [-0.4, -0.2) is 34.7 Å². The molecule has 1 aromatic heterocycles. The van der Waals surface area contributed by atoms with Crippen LogP contribution in [0.4, 0.5) is 0 Å². The highest BCUT2D eigenvalue weighted by molar-refractivity contribution is 7.99. The van der Waals surface area contributed by atoms with Gasteiger partial charge in [-0.1, -0.05) is 25.3 Å². The van der Waals surface area contributed by atoms with Crippen LogP contribution in [0.25, 0.3) is 0 Å². The lowest BCUT2D eigenvalue weighted by Crippen LogP contribution is -2.50. The fourth-order valence-electron chi connectivity index (χ4n) is 3.44. The van der Waals surface area contributed by atoms with Gasteiger partial charge in [-0.3, -0.25) is 4.79 Å². The van der Waals surface area contributed by atoms with Crippen molar-refractivity contribution in [2.45, 2.75) is 49.5 Å². The molecule has 1 saturated heterocycles. The van der Waals surface area contributed by atoms with Crippen LogP contribution >= 0.6 is 23.1 Å². The quantitative estimate of drug-likeness (QED) is 0.895. The maximum atomic E-state index is 12.9. The highest BCUT2D eigenvalue weighted by Gasteiger charge is 2.43. The maximum Gasteiger partial charge on any atom is 0.231 e. The highest BCUT2D eigenvalue weighted by Crippen LogP contribution is 2.42. The van der Waals surface area contributed by atoms with Crippen LogP contribution in [0.1, 0.15) is 43.4 Å². The van der Waals surface area contributed by atoms with Gasteiger partial charge in [0.1, 0.15) is 0 Å². The average molecular weight is 325 g/mol. The van der Waals surface area contributed by atoms with Gasteiger partial charge in [0.15, 0.2) is 0 Å². The summed E-state index contributed by atoms with van der Waals surface area (Å²) in [5.41, 5.74) is -1.06. The standard InChI is InChI=1S/C16H23NO2S2/c18-14(17-11-15(19)8-10-20-12-15)16(6-2-1-3-7-16)13-5-4-9-21-13/h4-5,9,19H,1-3,6-8,10-12H2,(H,17,18). The van der Waals surface area contributed by atoms with Gasteiger partial charge in [0.2, 0.25) is 5.91 Å². The van der Waals surface area contributed by atoms with E-state index in [1.807, 2.05) is 6.07 Å². The Hall–Kier alpha value is -0.520. The first-order valence-electron chi connectivity index (χ1n) is 7.77. The van der Waals surface area contributed by atoms with Crippen LogP contribution < -0.4 is 5.32 Å². The van der Waals surface area contributed by atoms with E-state index in [9.17, 15) is 9.90 Å². The molecule has 2 aliphatic rings. The summed E-state index contributed by atoms with van der Waals surface area (Å²) >= 11 is 3.45. The molecule has 2 heterocycles. The summed E-state index contributed by atoms with van der Waals surface area (Å²) < 4.78 is 0. The molecule has 0 radical (unpaired) electrons. The van der Waals surface area contributed by atoms with Gasteiger partial charge in [-0.15, -0.1) is 11.3 Å². The van der Waals surface area contributed by atoms with Crippen molar-refractivity contribution in [3.8, 4) is 0 Å². The largest absolute Gasteiger partial charge is 0.387 e. The molecule has 0 aromatic carbocycles. The van der Waals surface area contributed by atoms with Crippen molar-refractivity contribution < 1.29 is 9.90 Å². The smallest absolute Gasteiger partial charge is 0.231 e. The van der Waals surface area contributed by atoms with E-state index in [2.05, 4.69) is 16.8 Å². The van der Waals surface area contributed by atoms with E-state index in [0.717, 1.165) is 43.6 Å². The number of thioether (sulfide) groups is 1. The number of carbonyl (C=O) groups excluding carboxylic acids is 1. The molecule has 1 amide bonds. The predicted octanol–water partition coefficient (Wildman–Crippen LogP) is 2.93. The van der Waals surface area contributed by atoms with Gasteiger partial charge in [-0.25, -0.2) is 0 Å². The number of aliphatic hydroxyl groups is 1. The summed E-state index contributed by atoms with van der Waals surface area (Å²) in [5, 5.41) is 15.5. The Balaban J connectivity index is 1.72. The van der Waals surface area contributed by atoms with Gasteiger partial charge < -0.3 is 10.4 Å². The molecule has 2 N–H and O–H groups in total. The second-order valence-corrected chi connectivity index (χ2v) is 8.38. The third kappa shape index (κ3) is 3.15. The number of amides is 1. The third-order valence-electron chi connectivity index (χ3n) is 4.80. The van der Waals surface area contributed by atoms with Crippen LogP contribution in [0.15, 0.2) is 17.5 Å². The monoisotopic (exact) mass is 325 g/mol. The van der Waals surface area contributed by atoms with E-state index < -0.39 is 5.60 Å². The number of hydrogen-bond donors (Lipinski definition) is 2. The van der Waals surface area contributed by atoms with Gasteiger partial charge >= 0.3 is 0 Å². The van der Waals surface area contributed by atoms with E-state index in [4.69, 9.17) is 0 Å². The molecule has 0 bridgehead atoms. The molecule has 1 aliphatic carbocycles. The first kappa shape index (κ1) is 15.4. The third-order valence-corrected chi connectivity index (χ3v) is 7.10. The molecular weight excluding hydrogens is 302 g/mol. The Morgan fingerprint density at radius 2 is 2.10 bits per heavy atom. The molecule has 3 rings (SSSR count). The Bertz CT molecular complexity index is 474. The lowest BCUT2D eigenvalue weighted by atomic mass is 9.72. The second-order valence-electron chi connectivity index (χ2n) is 6.33. The zero-order chi connectivity index (χ0) is 14.8. The average Bonchev–Trinajstić information content (AvgIpc) is 3.18. The van der Waals surface area contributed by atoms with Crippen LogP contribution in [-0.2, 0) is 10.2 Å². The van der Waals surface area contributed by atoms with Crippen molar-refractivity contribution in [1.82, 2.24) is 5.32 Å². The van der Waals surface area contributed by atoms with Crippen molar-refractivity contribution in [2.24, 2.45) is 0 Å². The summed E-state index contributed by atoms with van der Waals surface area (Å²) in [4.78, 5) is 14.1. The number of nitrogens with one attached hydrogen (secondary N) is 1.